The highest BCUT2D eigenvalue weighted by molar-refractivity contribution is 6.26. The SMILES string of the molecule is Cc1ccccc1-c1ccccc1Nc1cccc(-c2cccc(-c3cc4c5ccccc5c5ccccc5c4cc3-c3ccccc3)c2)c1. The molecule has 0 saturated heterocycles. The lowest BCUT2D eigenvalue weighted by Gasteiger charge is -2.17. The Hall–Kier alpha value is -6.44. The normalized spacial score (nSPS) is 11.3. The van der Waals surface area contributed by atoms with Gasteiger partial charge in [-0.1, -0.05) is 152 Å². The van der Waals surface area contributed by atoms with Crippen LogP contribution in [0.15, 0.2) is 188 Å². The summed E-state index contributed by atoms with van der Waals surface area (Å²) < 4.78 is 0. The Labute approximate surface area is 293 Å². The van der Waals surface area contributed by atoms with Gasteiger partial charge in [0.25, 0.3) is 0 Å². The molecule has 1 N–H and O–H groups in total. The van der Waals surface area contributed by atoms with Crippen molar-refractivity contribution in [2.45, 2.75) is 6.92 Å². The number of aryl methyl sites for hydroxylation is 1. The van der Waals surface area contributed by atoms with E-state index in [1.165, 1.54) is 82.4 Å². The molecule has 9 rings (SSSR count). The van der Waals surface area contributed by atoms with Gasteiger partial charge < -0.3 is 5.32 Å². The molecule has 50 heavy (non-hydrogen) atoms. The second kappa shape index (κ2) is 12.5. The number of benzene rings is 9. The van der Waals surface area contributed by atoms with Gasteiger partial charge in [-0.3, -0.25) is 0 Å². The summed E-state index contributed by atoms with van der Waals surface area (Å²) in [6.45, 7) is 2.17. The molecule has 0 atom stereocenters. The maximum atomic E-state index is 3.74. The Balaban J connectivity index is 1.17. The quantitative estimate of drug-likeness (QED) is 0.179. The van der Waals surface area contributed by atoms with Crippen LogP contribution in [0, 0.1) is 6.92 Å². The van der Waals surface area contributed by atoms with E-state index in [1.807, 2.05) is 0 Å². The third-order valence-electron chi connectivity index (χ3n) is 9.98. The number of anilines is 2. The summed E-state index contributed by atoms with van der Waals surface area (Å²) in [4.78, 5) is 0. The average molecular weight is 638 g/mol. The van der Waals surface area contributed by atoms with Crippen LogP contribution in [0.1, 0.15) is 5.56 Å². The predicted octanol–water partition coefficient (Wildman–Crippen LogP) is 13.9. The zero-order chi connectivity index (χ0) is 33.4. The lowest BCUT2D eigenvalue weighted by molar-refractivity contribution is 1.45. The summed E-state index contributed by atoms with van der Waals surface area (Å²) in [7, 11) is 0. The zero-order valence-corrected chi connectivity index (χ0v) is 27.9. The minimum atomic E-state index is 1.06. The van der Waals surface area contributed by atoms with E-state index in [9.17, 15) is 0 Å². The standard InChI is InChI=1S/C49H35N/c1-33-15-5-6-22-39(33)44-27-11-12-28-49(44)50-38-21-14-19-36(30-38)35-18-13-20-37(29-35)46-32-48-43-26-10-8-24-41(43)40-23-7-9-25-42(40)47(48)31-45(46)34-16-3-2-4-17-34/h2-32,50H,1H3. The first-order valence-electron chi connectivity index (χ1n) is 17.3. The fourth-order valence-electron chi connectivity index (χ4n) is 7.55. The topological polar surface area (TPSA) is 12.0 Å². The minimum Gasteiger partial charge on any atom is -0.355 e. The van der Waals surface area contributed by atoms with Gasteiger partial charge in [-0.25, -0.2) is 0 Å². The summed E-state index contributed by atoms with van der Waals surface area (Å²) in [5.41, 5.74) is 13.1. The van der Waals surface area contributed by atoms with E-state index >= 15 is 0 Å². The summed E-state index contributed by atoms with van der Waals surface area (Å²) in [6.07, 6.45) is 0. The Morgan fingerprint density at radius 2 is 0.780 bits per heavy atom. The van der Waals surface area contributed by atoms with E-state index in [0.29, 0.717) is 0 Å². The van der Waals surface area contributed by atoms with Gasteiger partial charge >= 0.3 is 0 Å². The highest BCUT2D eigenvalue weighted by atomic mass is 14.9. The van der Waals surface area contributed by atoms with Crippen molar-refractivity contribution in [2.75, 3.05) is 5.32 Å². The van der Waals surface area contributed by atoms with Crippen LogP contribution in [-0.4, -0.2) is 0 Å². The van der Waals surface area contributed by atoms with Crippen LogP contribution in [-0.2, 0) is 0 Å². The van der Waals surface area contributed by atoms with E-state index < -0.39 is 0 Å². The van der Waals surface area contributed by atoms with Crippen LogP contribution in [0.5, 0.6) is 0 Å². The Bertz CT molecular complexity index is 2690. The van der Waals surface area contributed by atoms with E-state index in [0.717, 1.165) is 11.4 Å². The number of para-hydroxylation sites is 1. The molecule has 0 bridgehead atoms. The average Bonchev–Trinajstić information content (AvgIpc) is 3.18. The third-order valence-corrected chi connectivity index (χ3v) is 9.98. The first-order valence-corrected chi connectivity index (χ1v) is 17.3. The van der Waals surface area contributed by atoms with Crippen LogP contribution in [0.2, 0.25) is 0 Å². The van der Waals surface area contributed by atoms with Crippen molar-refractivity contribution in [3.8, 4) is 44.5 Å². The second-order valence-corrected chi connectivity index (χ2v) is 13.0. The Morgan fingerprint density at radius 3 is 1.46 bits per heavy atom. The van der Waals surface area contributed by atoms with Gasteiger partial charge in [0.15, 0.2) is 0 Å². The third kappa shape index (κ3) is 5.30. The molecule has 0 fully saturated rings. The van der Waals surface area contributed by atoms with Gasteiger partial charge in [0, 0.05) is 16.9 Å². The van der Waals surface area contributed by atoms with Crippen molar-refractivity contribution in [1.29, 1.82) is 0 Å². The number of rotatable bonds is 6. The molecule has 0 unspecified atom stereocenters. The largest absolute Gasteiger partial charge is 0.355 e. The zero-order valence-electron chi connectivity index (χ0n) is 27.9. The molecule has 0 aromatic heterocycles. The summed E-state index contributed by atoms with van der Waals surface area (Å²) in [5, 5.41) is 11.4. The fourth-order valence-corrected chi connectivity index (χ4v) is 7.55. The molecule has 0 saturated carbocycles. The molecule has 0 amide bonds. The van der Waals surface area contributed by atoms with Gasteiger partial charge in [0.05, 0.1) is 0 Å². The number of hydrogen-bond acceptors (Lipinski definition) is 1. The van der Waals surface area contributed by atoms with Crippen molar-refractivity contribution >= 4 is 43.7 Å². The fraction of sp³-hybridized carbons (Fsp3) is 0.0204. The lowest BCUT2D eigenvalue weighted by Crippen LogP contribution is -1.95. The summed E-state index contributed by atoms with van der Waals surface area (Å²) in [5.74, 6) is 0. The first kappa shape index (κ1) is 29.7. The maximum absolute atomic E-state index is 3.74. The van der Waals surface area contributed by atoms with Crippen molar-refractivity contribution < 1.29 is 0 Å². The minimum absolute atomic E-state index is 1.06. The van der Waals surface area contributed by atoms with Crippen molar-refractivity contribution in [3.63, 3.8) is 0 Å². The molecular formula is C49H35N. The van der Waals surface area contributed by atoms with E-state index in [-0.39, 0.29) is 0 Å². The number of hydrogen-bond donors (Lipinski definition) is 1. The summed E-state index contributed by atoms with van der Waals surface area (Å²) in [6, 6.07) is 68.1. The number of fused-ring (bicyclic) bond motifs is 6. The molecule has 0 aliphatic heterocycles. The Morgan fingerprint density at radius 1 is 0.300 bits per heavy atom. The van der Waals surface area contributed by atoms with Crippen LogP contribution in [0.4, 0.5) is 11.4 Å². The molecule has 9 aromatic rings. The predicted molar refractivity (Wildman–Crippen MR) is 215 cm³/mol. The molecule has 0 radical (unpaired) electrons. The van der Waals surface area contributed by atoms with Gasteiger partial charge in [-0.05, 0) is 120 Å². The van der Waals surface area contributed by atoms with Crippen LogP contribution < -0.4 is 5.32 Å². The smallest absolute Gasteiger partial charge is 0.0464 e. The first-order chi connectivity index (χ1) is 24.7. The molecular weight excluding hydrogens is 603 g/mol. The molecule has 0 spiro atoms. The van der Waals surface area contributed by atoms with E-state index in [1.54, 1.807) is 0 Å². The summed E-state index contributed by atoms with van der Waals surface area (Å²) >= 11 is 0. The van der Waals surface area contributed by atoms with Gasteiger partial charge in [-0.15, -0.1) is 0 Å². The number of nitrogens with one attached hydrogen (secondary N) is 1. The van der Waals surface area contributed by atoms with Crippen molar-refractivity contribution in [1.82, 2.24) is 0 Å². The maximum Gasteiger partial charge on any atom is 0.0464 e. The molecule has 1 nitrogen and oxygen atoms in total. The van der Waals surface area contributed by atoms with Crippen molar-refractivity contribution in [3.05, 3.63) is 194 Å². The van der Waals surface area contributed by atoms with Crippen LogP contribution >= 0.6 is 0 Å². The molecule has 0 aliphatic rings. The van der Waals surface area contributed by atoms with E-state index in [4.69, 9.17) is 0 Å². The van der Waals surface area contributed by atoms with E-state index in [2.05, 4.69) is 200 Å². The van der Waals surface area contributed by atoms with Crippen LogP contribution in [0.25, 0.3) is 76.8 Å². The molecule has 0 aliphatic carbocycles. The second-order valence-electron chi connectivity index (χ2n) is 13.0. The lowest BCUT2D eigenvalue weighted by atomic mass is 9.86. The molecule has 236 valence electrons. The molecule has 1 heteroatoms. The van der Waals surface area contributed by atoms with Crippen LogP contribution in [0.3, 0.4) is 0 Å². The monoisotopic (exact) mass is 637 g/mol. The van der Waals surface area contributed by atoms with Gasteiger partial charge in [0.2, 0.25) is 0 Å². The highest BCUT2D eigenvalue weighted by Crippen LogP contribution is 2.43. The van der Waals surface area contributed by atoms with Gasteiger partial charge in [0.1, 0.15) is 0 Å². The Kier molecular flexibility index (Phi) is 7.44. The molecule has 0 heterocycles. The van der Waals surface area contributed by atoms with Crippen molar-refractivity contribution in [2.24, 2.45) is 0 Å². The van der Waals surface area contributed by atoms with Gasteiger partial charge in [-0.2, -0.15) is 0 Å². The highest BCUT2D eigenvalue weighted by Gasteiger charge is 2.16. The molecule has 9 aromatic carbocycles.